The summed E-state index contributed by atoms with van der Waals surface area (Å²) in [5.74, 6) is 0.00246. The maximum Gasteiger partial charge on any atom is 0.255 e. The van der Waals surface area contributed by atoms with E-state index in [4.69, 9.17) is 4.99 Å². The van der Waals surface area contributed by atoms with Crippen LogP contribution in [0.1, 0.15) is 43.7 Å². The molecule has 0 saturated heterocycles. The molecule has 1 aromatic heterocycles. The van der Waals surface area contributed by atoms with Crippen molar-refractivity contribution in [2.75, 3.05) is 5.32 Å². The minimum absolute atomic E-state index is 0.169. The number of amides is 1. The Morgan fingerprint density at radius 3 is 2.48 bits per heavy atom. The van der Waals surface area contributed by atoms with Gasteiger partial charge in [-0.15, -0.1) is 0 Å². The Balaban J connectivity index is 1.77. The monoisotopic (exact) mass is 387 g/mol. The molecule has 0 spiro atoms. The van der Waals surface area contributed by atoms with Gasteiger partial charge < -0.3 is 5.32 Å². The third-order valence-electron chi connectivity index (χ3n) is 5.71. The molecule has 2 aliphatic rings. The van der Waals surface area contributed by atoms with Crippen molar-refractivity contribution < 1.29 is 9.59 Å². The summed E-state index contributed by atoms with van der Waals surface area (Å²) in [5.41, 5.74) is 4.13. The van der Waals surface area contributed by atoms with E-state index in [1.807, 2.05) is 50.2 Å². The second-order valence-electron chi connectivity index (χ2n) is 8.12. The molecular formula is C24H25N3O2. The molecule has 3 atom stereocenters. The number of aliphatic imine (C=N–C) groups is 1. The van der Waals surface area contributed by atoms with Gasteiger partial charge in [-0.25, -0.2) is 4.98 Å². The van der Waals surface area contributed by atoms with E-state index in [1.54, 1.807) is 12.3 Å². The average molecular weight is 387 g/mol. The van der Waals surface area contributed by atoms with E-state index >= 15 is 0 Å². The molecule has 148 valence electrons. The van der Waals surface area contributed by atoms with Gasteiger partial charge in [-0.05, 0) is 43.4 Å². The Kier molecular flexibility index (Phi) is 5.14. The molecule has 1 amide bonds. The Morgan fingerprint density at radius 2 is 1.79 bits per heavy atom. The minimum Gasteiger partial charge on any atom is -0.307 e. The average Bonchev–Trinajstić information content (AvgIpc) is 2.69. The van der Waals surface area contributed by atoms with Gasteiger partial charge in [0.1, 0.15) is 11.6 Å². The van der Waals surface area contributed by atoms with E-state index < -0.39 is 0 Å². The van der Waals surface area contributed by atoms with Crippen LogP contribution in [0.15, 0.2) is 64.9 Å². The predicted octanol–water partition coefficient (Wildman–Crippen LogP) is 4.46. The second-order valence-corrected chi connectivity index (χ2v) is 8.12. The lowest BCUT2D eigenvalue weighted by atomic mass is 9.67. The van der Waals surface area contributed by atoms with Crippen LogP contribution in [-0.4, -0.2) is 22.4 Å². The Morgan fingerprint density at radius 1 is 1.03 bits per heavy atom. The Bertz CT molecular complexity index is 1010. The standard InChI is InChI=1S/C24H25N3O2/c1-14-9-10-20(25-13-14)27-24(29)21-16(3)26-18-11-15(2)12-19(28)23(18)22(21)17-7-5-4-6-8-17/h4-10,13,15,22-23H,11-12H2,1-3H3,(H,25,27,29)/t15-,22+,23-/m0/s1. The summed E-state index contributed by atoms with van der Waals surface area (Å²) in [6.45, 7) is 5.89. The van der Waals surface area contributed by atoms with Gasteiger partial charge in [-0.1, -0.05) is 43.3 Å². The minimum atomic E-state index is -0.371. The molecule has 1 fully saturated rings. The van der Waals surface area contributed by atoms with Crippen molar-refractivity contribution in [2.45, 2.75) is 39.5 Å². The first-order valence-corrected chi connectivity index (χ1v) is 10.0. The Hall–Kier alpha value is -3.08. The maximum atomic E-state index is 13.3. The molecule has 0 unspecified atom stereocenters. The highest BCUT2D eigenvalue weighted by Crippen LogP contribution is 2.43. The quantitative estimate of drug-likeness (QED) is 0.845. The number of fused-ring (bicyclic) bond motifs is 1. The van der Waals surface area contributed by atoms with Crippen LogP contribution in [0.5, 0.6) is 0 Å². The predicted molar refractivity (Wildman–Crippen MR) is 114 cm³/mol. The summed E-state index contributed by atoms with van der Waals surface area (Å²) < 4.78 is 0. The first-order valence-electron chi connectivity index (χ1n) is 10.0. The molecule has 1 N–H and O–H groups in total. The second kappa shape index (κ2) is 7.74. The van der Waals surface area contributed by atoms with Crippen LogP contribution in [0.25, 0.3) is 0 Å². The van der Waals surface area contributed by atoms with E-state index in [-0.39, 0.29) is 29.4 Å². The van der Waals surface area contributed by atoms with Crippen LogP contribution >= 0.6 is 0 Å². The number of rotatable bonds is 3. The molecule has 0 bridgehead atoms. The van der Waals surface area contributed by atoms with Crippen LogP contribution in [0.4, 0.5) is 5.82 Å². The van der Waals surface area contributed by atoms with Crippen molar-refractivity contribution >= 4 is 23.2 Å². The number of benzene rings is 1. The molecule has 1 aliphatic heterocycles. The third kappa shape index (κ3) is 3.77. The number of hydrogen-bond donors (Lipinski definition) is 1. The number of nitrogens with one attached hydrogen (secondary N) is 1. The van der Waals surface area contributed by atoms with Gasteiger partial charge in [0.2, 0.25) is 0 Å². The molecule has 1 saturated carbocycles. The summed E-state index contributed by atoms with van der Waals surface area (Å²) in [7, 11) is 0. The van der Waals surface area contributed by atoms with E-state index in [2.05, 4.69) is 17.2 Å². The van der Waals surface area contributed by atoms with E-state index in [1.165, 1.54) is 0 Å². The highest BCUT2D eigenvalue weighted by Gasteiger charge is 2.44. The number of aromatic nitrogens is 1. The molecule has 0 radical (unpaired) electrons. The van der Waals surface area contributed by atoms with Crippen LogP contribution in [0, 0.1) is 18.8 Å². The van der Waals surface area contributed by atoms with Crippen molar-refractivity contribution in [3.05, 3.63) is 71.1 Å². The van der Waals surface area contributed by atoms with Crippen LogP contribution in [-0.2, 0) is 9.59 Å². The highest BCUT2D eigenvalue weighted by molar-refractivity contribution is 6.14. The van der Waals surface area contributed by atoms with Gasteiger partial charge in [0.25, 0.3) is 5.91 Å². The van der Waals surface area contributed by atoms with Gasteiger partial charge in [-0.3, -0.25) is 14.6 Å². The number of Topliss-reactive ketones (excluding diaryl/α,β-unsaturated/α-hetero) is 1. The van der Waals surface area contributed by atoms with Gasteiger partial charge >= 0.3 is 0 Å². The highest BCUT2D eigenvalue weighted by atomic mass is 16.2. The lowest BCUT2D eigenvalue weighted by Crippen LogP contribution is -2.41. The number of allylic oxidation sites excluding steroid dienone is 1. The van der Waals surface area contributed by atoms with Crippen molar-refractivity contribution in [3.8, 4) is 0 Å². The van der Waals surface area contributed by atoms with Crippen molar-refractivity contribution in [3.63, 3.8) is 0 Å². The molecule has 4 rings (SSSR count). The fourth-order valence-electron chi connectivity index (χ4n) is 4.42. The summed E-state index contributed by atoms with van der Waals surface area (Å²) in [6, 6.07) is 13.5. The Labute approximate surface area is 171 Å². The summed E-state index contributed by atoms with van der Waals surface area (Å²) in [6.07, 6.45) is 3.04. The van der Waals surface area contributed by atoms with Crippen molar-refractivity contribution in [2.24, 2.45) is 16.8 Å². The largest absolute Gasteiger partial charge is 0.307 e. The first-order chi connectivity index (χ1) is 13.9. The molecule has 2 aromatic rings. The molecule has 29 heavy (non-hydrogen) atoms. The smallest absolute Gasteiger partial charge is 0.255 e. The van der Waals surface area contributed by atoms with Crippen molar-refractivity contribution in [1.82, 2.24) is 4.98 Å². The van der Waals surface area contributed by atoms with Gasteiger partial charge in [0, 0.05) is 35.5 Å². The number of anilines is 1. The number of hydrogen-bond acceptors (Lipinski definition) is 4. The third-order valence-corrected chi connectivity index (χ3v) is 5.71. The molecule has 2 heterocycles. The van der Waals surface area contributed by atoms with E-state index in [0.717, 1.165) is 23.3 Å². The number of aryl methyl sites for hydroxylation is 1. The molecule has 1 aliphatic carbocycles. The molecular weight excluding hydrogens is 362 g/mol. The first kappa shape index (κ1) is 19.2. The fraction of sp³-hybridized carbons (Fsp3) is 0.333. The molecule has 5 nitrogen and oxygen atoms in total. The summed E-state index contributed by atoms with van der Waals surface area (Å²) in [4.78, 5) is 35.4. The zero-order valence-electron chi connectivity index (χ0n) is 17.0. The molecule has 1 aromatic carbocycles. The zero-order chi connectivity index (χ0) is 20.5. The lowest BCUT2D eigenvalue weighted by molar-refractivity contribution is -0.123. The fourth-order valence-corrected chi connectivity index (χ4v) is 4.42. The maximum absolute atomic E-state index is 13.3. The number of carbonyl (C=O) groups is 2. The molecule has 5 heteroatoms. The van der Waals surface area contributed by atoms with Gasteiger partial charge in [0.15, 0.2) is 0 Å². The number of carbonyl (C=O) groups excluding carboxylic acids is 2. The van der Waals surface area contributed by atoms with Gasteiger partial charge in [0.05, 0.1) is 5.92 Å². The van der Waals surface area contributed by atoms with Crippen LogP contribution in [0.2, 0.25) is 0 Å². The van der Waals surface area contributed by atoms with E-state index in [9.17, 15) is 9.59 Å². The number of nitrogens with zero attached hydrogens (tertiary/aromatic N) is 2. The summed E-state index contributed by atoms with van der Waals surface area (Å²) >= 11 is 0. The number of ketones is 1. The van der Waals surface area contributed by atoms with E-state index in [0.29, 0.717) is 23.5 Å². The normalized spacial score (nSPS) is 24.0. The topological polar surface area (TPSA) is 71.4 Å². The number of pyridine rings is 1. The van der Waals surface area contributed by atoms with Crippen LogP contribution < -0.4 is 5.32 Å². The van der Waals surface area contributed by atoms with Crippen LogP contribution in [0.3, 0.4) is 0 Å². The summed E-state index contributed by atoms with van der Waals surface area (Å²) in [5, 5.41) is 2.90. The SMILES string of the molecule is CC1=C(C(=O)Nc2ccc(C)cn2)[C@@H](c2ccccc2)[C@@H]2C(=O)C[C@@H](C)CC2=N1. The lowest BCUT2D eigenvalue weighted by Gasteiger charge is -2.37. The van der Waals surface area contributed by atoms with Gasteiger partial charge in [-0.2, -0.15) is 0 Å². The zero-order valence-corrected chi connectivity index (χ0v) is 17.0. The van der Waals surface area contributed by atoms with Crippen molar-refractivity contribution in [1.29, 1.82) is 0 Å².